The molecule has 0 bridgehead atoms. The van der Waals surface area contributed by atoms with Crippen molar-refractivity contribution < 1.29 is 27.5 Å². The molecule has 2 aromatic carbocycles. The molecule has 3 rings (SSSR count). The van der Waals surface area contributed by atoms with Crippen molar-refractivity contribution in [1.29, 1.82) is 0 Å². The predicted molar refractivity (Wildman–Crippen MR) is 114 cm³/mol. The molecule has 1 saturated heterocycles. The molecule has 0 unspecified atom stereocenters. The summed E-state index contributed by atoms with van der Waals surface area (Å²) in [6, 6.07) is 13.6. The van der Waals surface area contributed by atoms with Gasteiger partial charge in [-0.05, 0) is 49.6 Å². The number of benzene rings is 2. The third kappa shape index (κ3) is 6.05. The van der Waals surface area contributed by atoms with Gasteiger partial charge in [-0.3, -0.25) is 9.59 Å². The average molecular weight is 447 g/mol. The Kier molecular flexibility index (Phi) is 7.29. The van der Waals surface area contributed by atoms with Crippen molar-refractivity contribution in [3.63, 3.8) is 0 Å². The standard InChI is InChI=1S/C22H26N2O6S/c1-16-5-7-20(8-6-16)31(27,28)24-11-9-18(10-12-24)22(26)30-14-17-3-2-4-19(13-17)29-15-21(23)25/h2-8,13,18H,9-12,14-15H2,1H3,(H2,23,25). The molecule has 1 heterocycles. The Morgan fingerprint density at radius 1 is 1.10 bits per heavy atom. The highest BCUT2D eigenvalue weighted by Gasteiger charge is 2.32. The van der Waals surface area contributed by atoms with Gasteiger partial charge in [0.2, 0.25) is 10.0 Å². The Bertz CT molecular complexity index is 1030. The van der Waals surface area contributed by atoms with E-state index in [0.717, 1.165) is 11.1 Å². The number of nitrogens with two attached hydrogens (primary N) is 1. The maximum absolute atomic E-state index is 12.8. The van der Waals surface area contributed by atoms with Crippen LogP contribution in [0.5, 0.6) is 5.75 Å². The van der Waals surface area contributed by atoms with E-state index in [9.17, 15) is 18.0 Å². The van der Waals surface area contributed by atoms with Crippen LogP contribution >= 0.6 is 0 Å². The van der Waals surface area contributed by atoms with Crippen molar-refractivity contribution in [2.75, 3.05) is 19.7 Å². The number of carbonyl (C=O) groups is 2. The monoisotopic (exact) mass is 446 g/mol. The maximum Gasteiger partial charge on any atom is 0.309 e. The van der Waals surface area contributed by atoms with Gasteiger partial charge in [0.05, 0.1) is 10.8 Å². The van der Waals surface area contributed by atoms with E-state index in [1.807, 2.05) is 6.92 Å². The highest BCUT2D eigenvalue weighted by molar-refractivity contribution is 7.89. The number of primary amides is 1. The van der Waals surface area contributed by atoms with Crippen LogP contribution in [-0.2, 0) is 31.0 Å². The quantitative estimate of drug-likeness (QED) is 0.620. The van der Waals surface area contributed by atoms with Crippen molar-refractivity contribution in [3.05, 3.63) is 59.7 Å². The minimum absolute atomic E-state index is 0.0640. The molecular weight excluding hydrogens is 420 g/mol. The molecule has 0 aliphatic carbocycles. The molecule has 1 aliphatic heterocycles. The van der Waals surface area contributed by atoms with Crippen molar-refractivity contribution in [2.24, 2.45) is 11.7 Å². The lowest BCUT2D eigenvalue weighted by Gasteiger charge is -2.30. The summed E-state index contributed by atoms with van der Waals surface area (Å²) >= 11 is 0. The summed E-state index contributed by atoms with van der Waals surface area (Å²) in [5.41, 5.74) is 6.77. The fourth-order valence-electron chi connectivity index (χ4n) is 3.34. The molecule has 0 atom stereocenters. The molecule has 1 fully saturated rings. The Hall–Kier alpha value is -2.91. The first-order valence-electron chi connectivity index (χ1n) is 9.99. The number of rotatable bonds is 8. The van der Waals surface area contributed by atoms with Crippen molar-refractivity contribution in [2.45, 2.75) is 31.3 Å². The van der Waals surface area contributed by atoms with Crippen LogP contribution in [0.25, 0.3) is 0 Å². The molecule has 2 N–H and O–H groups in total. The first-order valence-corrected chi connectivity index (χ1v) is 11.4. The van der Waals surface area contributed by atoms with E-state index >= 15 is 0 Å². The van der Waals surface area contributed by atoms with E-state index in [4.69, 9.17) is 15.2 Å². The number of hydrogen-bond acceptors (Lipinski definition) is 6. The molecule has 0 spiro atoms. The Morgan fingerprint density at radius 3 is 2.42 bits per heavy atom. The lowest BCUT2D eigenvalue weighted by Crippen LogP contribution is -2.40. The third-order valence-corrected chi connectivity index (χ3v) is 7.02. The summed E-state index contributed by atoms with van der Waals surface area (Å²) in [6.45, 7) is 2.28. The van der Waals surface area contributed by atoms with E-state index in [1.165, 1.54) is 4.31 Å². The Morgan fingerprint density at radius 2 is 1.77 bits per heavy atom. The van der Waals surface area contributed by atoms with Gasteiger partial charge >= 0.3 is 5.97 Å². The molecule has 1 amide bonds. The number of hydrogen-bond donors (Lipinski definition) is 1. The van der Waals surface area contributed by atoms with Gasteiger partial charge in [-0.2, -0.15) is 4.31 Å². The van der Waals surface area contributed by atoms with Crippen LogP contribution in [0, 0.1) is 12.8 Å². The van der Waals surface area contributed by atoms with Crippen molar-refractivity contribution >= 4 is 21.9 Å². The fourth-order valence-corrected chi connectivity index (χ4v) is 4.81. The number of amides is 1. The van der Waals surface area contributed by atoms with Crippen molar-refractivity contribution in [1.82, 2.24) is 4.31 Å². The van der Waals surface area contributed by atoms with Gasteiger partial charge < -0.3 is 15.2 Å². The second-order valence-corrected chi connectivity index (χ2v) is 9.44. The molecule has 0 radical (unpaired) electrons. The van der Waals surface area contributed by atoms with E-state index in [1.54, 1.807) is 48.5 Å². The zero-order chi connectivity index (χ0) is 22.4. The fraction of sp³-hybridized carbons (Fsp3) is 0.364. The zero-order valence-corrected chi connectivity index (χ0v) is 18.1. The van der Waals surface area contributed by atoms with Crippen molar-refractivity contribution in [3.8, 4) is 5.75 Å². The summed E-state index contributed by atoms with van der Waals surface area (Å²) in [6.07, 6.45) is 0.817. The highest BCUT2D eigenvalue weighted by atomic mass is 32.2. The molecule has 9 heteroatoms. The number of sulfonamides is 1. The van der Waals surface area contributed by atoms with Gasteiger partial charge in [0.1, 0.15) is 12.4 Å². The Labute approximate surface area is 182 Å². The van der Waals surface area contributed by atoms with E-state index in [2.05, 4.69) is 0 Å². The lowest BCUT2D eigenvalue weighted by molar-refractivity contribution is -0.151. The van der Waals surface area contributed by atoms with Crippen LogP contribution in [-0.4, -0.2) is 44.3 Å². The third-order valence-electron chi connectivity index (χ3n) is 5.11. The van der Waals surface area contributed by atoms with Crippen LogP contribution in [0.15, 0.2) is 53.4 Å². The van der Waals surface area contributed by atoms with Gasteiger partial charge in [-0.15, -0.1) is 0 Å². The summed E-state index contributed by atoms with van der Waals surface area (Å²) < 4.78 is 37.6. The van der Waals surface area contributed by atoms with Crippen LogP contribution in [0.3, 0.4) is 0 Å². The SMILES string of the molecule is Cc1ccc(S(=O)(=O)N2CCC(C(=O)OCc3cccc(OCC(N)=O)c3)CC2)cc1. The number of ether oxygens (including phenoxy) is 2. The van der Waals surface area contributed by atoms with Crippen LogP contribution in [0.1, 0.15) is 24.0 Å². The summed E-state index contributed by atoms with van der Waals surface area (Å²) in [7, 11) is -3.57. The summed E-state index contributed by atoms with van der Waals surface area (Å²) in [5.74, 6) is -0.816. The summed E-state index contributed by atoms with van der Waals surface area (Å²) in [5, 5.41) is 0. The Balaban J connectivity index is 1.51. The normalized spacial score (nSPS) is 15.4. The zero-order valence-electron chi connectivity index (χ0n) is 17.3. The van der Waals surface area contributed by atoms with Crippen LogP contribution < -0.4 is 10.5 Å². The van der Waals surface area contributed by atoms with Gasteiger partial charge in [-0.25, -0.2) is 8.42 Å². The smallest absolute Gasteiger partial charge is 0.309 e. The molecule has 0 saturated carbocycles. The average Bonchev–Trinajstić information content (AvgIpc) is 2.77. The lowest BCUT2D eigenvalue weighted by atomic mass is 9.98. The number of piperidine rings is 1. The second kappa shape index (κ2) is 9.93. The van der Waals surface area contributed by atoms with Gasteiger partial charge in [0, 0.05) is 13.1 Å². The number of carbonyl (C=O) groups excluding carboxylic acids is 2. The molecular formula is C22H26N2O6S. The minimum atomic E-state index is -3.57. The number of esters is 1. The van der Waals surface area contributed by atoms with Crippen LogP contribution in [0.2, 0.25) is 0 Å². The van der Waals surface area contributed by atoms with Gasteiger partial charge in [-0.1, -0.05) is 29.8 Å². The van der Waals surface area contributed by atoms with E-state index in [-0.39, 0.29) is 43.1 Å². The molecule has 8 nitrogen and oxygen atoms in total. The summed E-state index contributed by atoms with van der Waals surface area (Å²) in [4.78, 5) is 23.5. The van der Waals surface area contributed by atoms with E-state index in [0.29, 0.717) is 18.6 Å². The topological polar surface area (TPSA) is 116 Å². The molecule has 1 aliphatic rings. The largest absolute Gasteiger partial charge is 0.484 e. The molecule has 31 heavy (non-hydrogen) atoms. The molecule has 166 valence electrons. The van der Waals surface area contributed by atoms with Gasteiger partial charge in [0.25, 0.3) is 5.91 Å². The number of nitrogens with zero attached hydrogens (tertiary/aromatic N) is 1. The van der Waals surface area contributed by atoms with Gasteiger partial charge in [0.15, 0.2) is 6.61 Å². The predicted octanol–water partition coefficient (Wildman–Crippen LogP) is 2.00. The number of aryl methyl sites for hydroxylation is 1. The van der Waals surface area contributed by atoms with E-state index < -0.39 is 15.9 Å². The maximum atomic E-state index is 12.8. The van der Waals surface area contributed by atoms with Crippen LogP contribution in [0.4, 0.5) is 0 Å². The molecule has 2 aromatic rings. The second-order valence-electron chi connectivity index (χ2n) is 7.50. The first kappa shape index (κ1) is 22.8. The molecule has 0 aromatic heterocycles. The first-order chi connectivity index (χ1) is 14.8. The highest BCUT2D eigenvalue weighted by Crippen LogP contribution is 2.25. The minimum Gasteiger partial charge on any atom is -0.484 e.